The molecule has 21 heavy (non-hydrogen) atoms. The van der Waals surface area contributed by atoms with Crippen LogP contribution in [0.5, 0.6) is 0 Å². The van der Waals surface area contributed by atoms with E-state index in [1.807, 2.05) is 37.3 Å². The minimum absolute atomic E-state index is 0.0157. The summed E-state index contributed by atoms with van der Waals surface area (Å²) in [6, 6.07) is 8.77. The maximum Gasteiger partial charge on any atom is 0.244 e. The zero-order chi connectivity index (χ0) is 15.2. The number of benzene rings is 1. The Hall–Kier alpha value is -1.88. The van der Waals surface area contributed by atoms with Crippen molar-refractivity contribution in [3.8, 4) is 0 Å². The normalized spacial score (nSPS) is 17.3. The summed E-state index contributed by atoms with van der Waals surface area (Å²) < 4.78 is 0. The number of piperidine rings is 1. The van der Waals surface area contributed by atoms with Gasteiger partial charge in [-0.3, -0.25) is 9.59 Å². The third-order valence-corrected chi connectivity index (χ3v) is 3.95. The second kappa shape index (κ2) is 7.22. The van der Waals surface area contributed by atoms with Crippen molar-refractivity contribution in [2.45, 2.75) is 25.8 Å². The van der Waals surface area contributed by atoms with Crippen LogP contribution in [-0.4, -0.2) is 36.3 Å². The third kappa shape index (κ3) is 3.82. The molecule has 2 rings (SSSR count). The van der Waals surface area contributed by atoms with Gasteiger partial charge in [-0.25, -0.2) is 0 Å². The van der Waals surface area contributed by atoms with E-state index in [1.165, 1.54) is 0 Å². The fourth-order valence-electron chi connectivity index (χ4n) is 2.68. The Balaban J connectivity index is 1.90. The number of nitrogens with one attached hydrogen (secondary N) is 1. The largest absolute Gasteiger partial charge is 0.356 e. The number of carbonyl (C=O) groups is 2. The van der Waals surface area contributed by atoms with Crippen LogP contribution in [0, 0.1) is 5.92 Å². The minimum atomic E-state index is -0.618. The molecule has 1 aliphatic rings. The molecule has 114 valence electrons. The van der Waals surface area contributed by atoms with E-state index in [9.17, 15) is 9.59 Å². The van der Waals surface area contributed by atoms with Crippen molar-refractivity contribution in [1.82, 2.24) is 10.2 Å². The summed E-state index contributed by atoms with van der Waals surface area (Å²) in [5, 5.41) is 2.84. The number of rotatable bonds is 4. The zero-order valence-corrected chi connectivity index (χ0v) is 12.4. The molecule has 0 bridgehead atoms. The lowest BCUT2D eigenvalue weighted by Crippen LogP contribution is -2.46. The van der Waals surface area contributed by atoms with E-state index in [4.69, 9.17) is 5.73 Å². The highest BCUT2D eigenvalue weighted by molar-refractivity contribution is 5.84. The van der Waals surface area contributed by atoms with Gasteiger partial charge < -0.3 is 16.0 Å². The van der Waals surface area contributed by atoms with Crippen molar-refractivity contribution in [2.24, 2.45) is 11.7 Å². The molecule has 1 fully saturated rings. The lowest BCUT2D eigenvalue weighted by molar-refractivity contribution is -0.136. The van der Waals surface area contributed by atoms with Crippen LogP contribution in [0.15, 0.2) is 30.3 Å². The van der Waals surface area contributed by atoms with Gasteiger partial charge in [0.2, 0.25) is 11.8 Å². The van der Waals surface area contributed by atoms with Crippen molar-refractivity contribution in [2.75, 3.05) is 19.6 Å². The zero-order valence-electron chi connectivity index (χ0n) is 12.4. The highest BCUT2D eigenvalue weighted by Gasteiger charge is 2.29. The summed E-state index contributed by atoms with van der Waals surface area (Å²) in [5.41, 5.74) is 6.87. The van der Waals surface area contributed by atoms with Crippen molar-refractivity contribution < 1.29 is 9.59 Å². The maximum absolute atomic E-state index is 12.4. The van der Waals surface area contributed by atoms with Gasteiger partial charge in [-0.05, 0) is 25.3 Å². The molecule has 1 aliphatic heterocycles. The van der Waals surface area contributed by atoms with Crippen LogP contribution in [0.2, 0.25) is 0 Å². The lowest BCUT2D eigenvalue weighted by atomic mass is 9.95. The SMILES string of the molecule is CCNC(=O)C1CCN(C(=O)[C@@H](N)c2ccccc2)CC1. The van der Waals surface area contributed by atoms with Crippen LogP contribution in [0.4, 0.5) is 0 Å². The fraction of sp³-hybridized carbons (Fsp3) is 0.500. The molecule has 3 N–H and O–H groups in total. The van der Waals surface area contributed by atoms with Crippen LogP contribution in [0.3, 0.4) is 0 Å². The third-order valence-electron chi connectivity index (χ3n) is 3.95. The molecule has 0 spiro atoms. The number of hydrogen-bond acceptors (Lipinski definition) is 3. The van der Waals surface area contributed by atoms with Gasteiger partial charge in [0.05, 0.1) is 0 Å². The van der Waals surface area contributed by atoms with Gasteiger partial charge in [0.1, 0.15) is 6.04 Å². The quantitative estimate of drug-likeness (QED) is 0.870. The Morgan fingerprint density at radius 3 is 2.48 bits per heavy atom. The molecule has 1 aromatic rings. The molecule has 1 aromatic carbocycles. The lowest BCUT2D eigenvalue weighted by Gasteiger charge is -2.33. The van der Waals surface area contributed by atoms with Crippen molar-refractivity contribution in [3.63, 3.8) is 0 Å². The average molecular weight is 289 g/mol. The smallest absolute Gasteiger partial charge is 0.244 e. The van der Waals surface area contributed by atoms with Gasteiger partial charge >= 0.3 is 0 Å². The van der Waals surface area contributed by atoms with Gasteiger partial charge in [0, 0.05) is 25.6 Å². The van der Waals surface area contributed by atoms with Crippen LogP contribution in [-0.2, 0) is 9.59 Å². The summed E-state index contributed by atoms with van der Waals surface area (Å²) in [6.07, 6.45) is 1.41. The number of nitrogens with zero attached hydrogens (tertiary/aromatic N) is 1. The molecule has 5 nitrogen and oxygen atoms in total. The van der Waals surface area contributed by atoms with Crippen LogP contribution >= 0.6 is 0 Å². The second-order valence-corrected chi connectivity index (χ2v) is 5.38. The molecule has 1 heterocycles. The van der Waals surface area contributed by atoms with Gasteiger partial charge in [0.25, 0.3) is 0 Å². The summed E-state index contributed by atoms with van der Waals surface area (Å²) in [6.45, 7) is 3.76. The molecule has 0 saturated carbocycles. The first kappa shape index (κ1) is 15.5. The summed E-state index contributed by atoms with van der Waals surface area (Å²) in [5.74, 6) is 0.0504. The number of likely N-dealkylation sites (tertiary alicyclic amines) is 1. The van der Waals surface area contributed by atoms with Crippen LogP contribution in [0.1, 0.15) is 31.4 Å². The van der Waals surface area contributed by atoms with E-state index < -0.39 is 6.04 Å². The first-order chi connectivity index (χ1) is 10.1. The standard InChI is InChI=1S/C16H23N3O2/c1-2-18-15(20)13-8-10-19(11-9-13)16(21)14(17)12-6-4-3-5-7-12/h3-7,13-14H,2,8-11,17H2,1H3,(H,18,20)/t14-/m0/s1. The highest BCUT2D eigenvalue weighted by atomic mass is 16.2. The molecular formula is C16H23N3O2. The van der Waals surface area contributed by atoms with Crippen molar-refractivity contribution in [3.05, 3.63) is 35.9 Å². The van der Waals surface area contributed by atoms with Crippen LogP contribution in [0.25, 0.3) is 0 Å². The first-order valence-corrected chi connectivity index (χ1v) is 7.50. The van der Waals surface area contributed by atoms with E-state index >= 15 is 0 Å². The molecule has 0 radical (unpaired) electrons. The number of nitrogens with two attached hydrogens (primary N) is 1. The molecule has 1 atom stereocenters. The minimum Gasteiger partial charge on any atom is -0.356 e. The highest BCUT2D eigenvalue weighted by Crippen LogP contribution is 2.21. The van der Waals surface area contributed by atoms with E-state index in [1.54, 1.807) is 4.90 Å². The molecule has 0 unspecified atom stereocenters. The molecule has 0 aliphatic carbocycles. The van der Waals surface area contributed by atoms with Crippen molar-refractivity contribution in [1.29, 1.82) is 0 Å². The fourth-order valence-corrected chi connectivity index (χ4v) is 2.68. The van der Waals surface area contributed by atoms with Crippen molar-refractivity contribution >= 4 is 11.8 Å². The molecule has 5 heteroatoms. The van der Waals surface area contributed by atoms with E-state index in [0.717, 1.165) is 5.56 Å². The monoisotopic (exact) mass is 289 g/mol. The van der Waals surface area contributed by atoms with E-state index in [0.29, 0.717) is 32.5 Å². The number of amides is 2. The average Bonchev–Trinajstić information content (AvgIpc) is 2.54. The van der Waals surface area contributed by atoms with Gasteiger partial charge in [-0.15, -0.1) is 0 Å². The molecule has 1 saturated heterocycles. The molecular weight excluding hydrogens is 266 g/mol. The predicted molar refractivity (Wildman–Crippen MR) is 81.4 cm³/mol. The molecule has 0 aromatic heterocycles. The van der Waals surface area contributed by atoms with Crippen LogP contribution < -0.4 is 11.1 Å². The number of carbonyl (C=O) groups excluding carboxylic acids is 2. The Morgan fingerprint density at radius 1 is 1.29 bits per heavy atom. The predicted octanol–water partition coefficient (Wildman–Crippen LogP) is 1.06. The summed E-state index contributed by atoms with van der Waals surface area (Å²) in [7, 11) is 0. The van der Waals surface area contributed by atoms with E-state index in [-0.39, 0.29) is 17.7 Å². The molecule has 2 amide bonds. The maximum atomic E-state index is 12.4. The second-order valence-electron chi connectivity index (χ2n) is 5.38. The first-order valence-electron chi connectivity index (χ1n) is 7.50. The Morgan fingerprint density at radius 2 is 1.90 bits per heavy atom. The van der Waals surface area contributed by atoms with Gasteiger partial charge in [-0.2, -0.15) is 0 Å². The van der Waals surface area contributed by atoms with E-state index in [2.05, 4.69) is 5.32 Å². The van der Waals surface area contributed by atoms with Gasteiger partial charge in [0.15, 0.2) is 0 Å². The Labute approximate surface area is 125 Å². The topological polar surface area (TPSA) is 75.4 Å². The Kier molecular flexibility index (Phi) is 5.33. The summed E-state index contributed by atoms with van der Waals surface area (Å²) in [4.78, 5) is 26.0. The summed E-state index contributed by atoms with van der Waals surface area (Å²) >= 11 is 0. The number of hydrogen-bond donors (Lipinski definition) is 2. The van der Waals surface area contributed by atoms with Gasteiger partial charge in [-0.1, -0.05) is 30.3 Å². The Bertz CT molecular complexity index is 482.